The van der Waals surface area contributed by atoms with Gasteiger partial charge in [0.25, 0.3) is 10.0 Å². The van der Waals surface area contributed by atoms with E-state index in [0.29, 0.717) is 30.1 Å². The molecule has 2 aliphatic heterocycles. The summed E-state index contributed by atoms with van der Waals surface area (Å²) < 4.78 is 33.7. The molecule has 1 N–H and O–H groups in total. The average Bonchev–Trinajstić information content (AvgIpc) is 3.07. The second kappa shape index (κ2) is 10.5. The highest BCUT2D eigenvalue weighted by atomic mass is 32.2. The summed E-state index contributed by atoms with van der Waals surface area (Å²) in [5.41, 5.74) is 1.87. The Labute approximate surface area is 200 Å². The Morgan fingerprint density at radius 2 is 1.65 bits per heavy atom. The number of amides is 2. The fourth-order valence-electron chi connectivity index (χ4n) is 4.56. The number of benzene rings is 2. The molecule has 0 bridgehead atoms. The molecule has 2 aliphatic rings. The van der Waals surface area contributed by atoms with Gasteiger partial charge in [-0.25, -0.2) is 8.42 Å². The van der Waals surface area contributed by atoms with Gasteiger partial charge >= 0.3 is 0 Å². The molecule has 182 valence electrons. The number of para-hydroxylation sites is 2. The van der Waals surface area contributed by atoms with Gasteiger partial charge in [-0.1, -0.05) is 25.0 Å². The highest BCUT2D eigenvalue weighted by Gasteiger charge is 2.28. The van der Waals surface area contributed by atoms with Crippen LogP contribution in [0.4, 0.5) is 11.4 Å². The summed E-state index contributed by atoms with van der Waals surface area (Å²) in [5, 5.41) is 0. The Balaban J connectivity index is 1.41. The number of fused-ring (bicyclic) bond motifs is 1. The van der Waals surface area contributed by atoms with E-state index in [1.807, 2.05) is 4.90 Å². The number of methoxy groups -OCH3 is 1. The first kappa shape index (κ1) is 24.1. The average molecular weight is 486 g/mol. The van der Waals surface area contributed by atoms with E-state index in [1.165, 1.54) is 13.2 Å². The third kappa shape index (κ3) is 5.35. The van der Waals surface area contributed by atoms with Crippen molar-refractivity contribution < 1.29 is 22.7 Å². The van der Waals surface area contributed by atoms with Crippen LogP contribution >= 0.6 is 0 Å². The Kier molecular flexibility index (Phi) is 7.41. The molecule has 0 aliphatic carbocycles. The molecule has 1 saturated heterocycles. The van der Waals surface area contributed by atoms with Crippen LogP contribution < -0.4 is 14.4 Å². The van der Waals surface area contributed by atoms with Gasteiger partial charge in [-0.15, -0.1) is 0 Å². The second-order valence-corrected chi connectivity index (χ2v) is 10.4. The van der Waals surface area contributed by atoms with Crippen molar-refractivity contribution in [3.8, 4) is 5.75 Å². The van der Waals surface area contributed by atoms with E-state index in [1.54, 1.807) is 41.3 Å². The summed E-state index contributed by atoms with van der Waals surface area (Å²) in [6.45, 7) is 2.04. The summed E-state index contributed by atoms with van der Waals surface area (Å²) >= 11 is 0. The Bertz CT molecular complexity index is 1160. The molecule has 9 heteroatoms. The molecule has 0 spiro atoms. The molecule has 0 saturated carbocycles. The lowest BCUT2D eigenvalue weighted by molar-refractivity contribution is -0.133. The SMILES string of the molecule is COc1ccccc1NS(=O)(=O)c1ccc2c(c1)CCN2C(=O)CCC(=O)N1CCCCCC1. The lowest BCUT2D eigenvalue weighted by atomic mass is 10.2. The Morgan fingerprint density at radius 3 is 2.38 bits per heavy atom. The van der Waals surface area contributed by atoms with E-state index in [4.69, 9.17) is 4.74 Å². The highest BCUT2D eigenvalue weighted by molar-refractivity contribution is 7.92. The number of anilines is 2. The number of nitrogens with zero attached hydrogens (tertiary/aromatic N) is 2. The van der Waals surface area contributed by atoms with Crippen LogP contribution in [0.3, 0.4) is 0 Å². The molecule has 2 heterocycles. The summed E-state index contributed by atoms with van der Waals surface area (Å²) in [4.78, 5) is 29.1. The van der Waals surface area contributed by atoms with E-state index >= 15 is 0 Å². The van der Waals surface area contributed by atoms with Crippen LogP contribution in [-0.4, -0.2) is 51.9 Å². The minimum absolute atomic E-state index is 0.0403. The van der Waals surface area contributed by atoms with Crippen molar-refractivity contribution in [2.45, 2.75) is 49.8 Å². The van der Waals surface area contributed by atoms with Crippen LogP contribution in [0.15, 0.2) is 47.4 Å². The number of ether oxygens (including phenoxy) is 1. The zero-order valence-corrected chi connectivity index (χ0v) is 20.3. The van der Waals surface area contributed by atoms with Gasteiger partial charge in [0.15, 0.2) is 0 Å². The van der Waals surface area contributed by atoms with Crippen molar-refractivity contribution >= 4 is 33.2 Å². The normalized spacial score (nSPS) is 16.0. The van der Waals surface area contributed by atoms with Crippen molar-refractivity contribution in [3.05, 3.63) is 48.0 Å². The molecule has 4 rings (SSSR count). The number of rotatable bonds is 7. The largest absolute Gasteiger partial charge is 0.495 e. The van der Waals surface area contributed by atoms with Crippen LogP contribution in [0.2, 0.25) is 0 Å². The van der Waals surface area contributed by atoms with E-state index in [2.05, 4.69) is 4.72 Å². The molecule has 0 atom stereocenters. The molecular formula is C25H31N3O5S. The number of carbonyl (C=O) groups excluding carboxylic acids is 2. The van der Waals surface area contributed by atoms with Crippen LogP contribution in [0, 0.1) is 0 Å². The Hall–Kier alpha value is -3.07. The summed E-state index contributed by atoms with van der Waals surface area (Å²) in [6, 6.07) is 11.6. The number of carbonyl (C=O) groups is 2. The first-order valence-corrected chi connectivity index (χ1v) is 13.2. The van der Waals surface area contributed by atoms with Crippen molar-refractivity contribution in [3.63, 3.8) is 0 Å². The van der Waals surface area contributed by atoms with Gasteiger partial charge in [0, 0.05) is 38.2 Å². The van der Waals surface area contributed by atoms with E-state index < -0.39 is 10.0 Å². The number of nitrogens with one attached hydrogen (secondary N) is 1. The first-order chi connectivity index (χ1) is 16.4. The van der Waals surface area contributed by atoms with E-state index in [-0.39, 0.29) is 29.6 Å². The third-order valence-electron chi connectivity index (χ3n) is 6.42. The minimum atomic E-state index is -3.83. The van der Waals surface area contributed by atoms with Gasteiger partial charge in [0.1, 0.15) is 5.75 Å². The quantitative estimate of drug-likeness (QED) is 0.647. The molecule has 0 radical (unpaired) electrons. The number of hydrogen-bond donors (Lipinski definition) is 1. The van der Waals surface area contributed by atoms with E-state index in [0.717, 1.165) is 44.3 Å². The fourth-order valence-corrected chi connectivity index (χ4v) is 5.68. The maximum Gasteiger partial charge on any atom is 0.262 e. The summed E-state index contributed by atoms with van der Waals surface area (Å²) in [5.74, 6) is 0.363. The van der Waals surface area contributed by atoms with E-state index in [9.17, 15) is 18.0 Å². The predicted molar refractivity (Wildman–Crippen MR) is 131 cm³/mol. The maximum atomic E-state index is 12.9. The van der Waals surface area contributed by atoms with Crippen LogP contribution in [0.5, 0.6) is 5.75 Å². The Morgan fingerprint density at radius 1 is 0.941 bits per heavy atom. The first-order valence-electron chi connectivity index (χ1n) is 11.8. The molecule has 0 aromatic heterocycles. The van der Waals surface area contributed by atoms with Crippen molar-refractivity contribution in [2.24, 2.45) is 0 Å². The molecule has 0 unspecified atom stereocenters. The molecule has 2 amide bonds. The van der Waals surface area contributed by atoms with Crippen molar-refractivity contribution in [1.82, 2.24) is 4.90 Å². The standard InChI is InChI=1S/C25H31N3O5S/c1-33-23-9-5-4-8-21(23)26-34(31,32)20-10-11-22-19(18-20)14-17-28(22)25(30)13-12-24(29)27-15-6-2-3-7-16-27/h4-5,8-11,18,26H,2-3,6-7,12-17H2,1H3. The molecule has 34 heavy (non-hydrogen) atoms. The zero-order valence-electron chi connectivity index (χ0n) is 19.5. The lowest BCUT2D eigenvalue weighted by Gasteiger charge is -2.21. The minimum Gasteiger partial charge on any atom is -0.495 e. The lowest BCUT2D eigenvalue weighted by Crippen LogP contribution is -2.34. The topological polar surface area (TPSA) is 96.0 Å². The maximum absolute atomic E-state index is 12.9. The molecule has 2 aromatic rings. The monoisotopic (exact) mass is 485 g/mol. The van der Waals surface area contributed by atoms with Gasteiger partial charge in [-0.3, -0.25) is 14.3 Å². The highest BCUT2D eigenvalue weighted by Crippen LogP contribution is 2.32. The van der Waals surface area contributed by atoms with Gasteiger partial charge in [-0.05, 0) is 55.2 Å². The number of likely N-dealkylation sites (tertiary alicyclic amines) is 1. The van der Waals surface area contributed by atoms with Crippen molar-refractivity contribution in [1.29, 1.82) is 0 Å². The van der Waals surface area contributed by atoms with Crippen molar-refractivity contribution in [2.75, 3.05) is 36.4 Å². The van der Waals surface area contributed by atoms with Gasteiger partial charge in [-0.2, -0.15) is 0 Å². The number of hydrogen-bond acceptors (Lipinski definition) is 5. The molecule has 1 fully saturated rings. The summed E-state index contributed by atoms with van der Waals surface area (Å²) in [7, 11) is -2.34. The number of sulfonamides is 1. The molecule has 2 aromatic carbocycles. The van der Waals surface area contributed by atoms with Gasteiger partial charge < -0.3 is 14.5 Å². The zero-order chi connectivity index (χ0) is 24.1. The summed E-state index contributed by atoms with van der Waals surface area (Å²) in [6.07, 6.45) is 5.29. The molecule has 8 nitrogen and oxygen atoms in total. The molecular weight excluding hydrogens is 454 g/mol. The van der Waals surface area contributed by atoms with Crippen LogP contribution in [0.25, 0.3) is 0 Å². The predicted octanol–water partition coefficient (Wildman–Crippen LogP) is 3.57. The fraction of sp³-hybridized carbons (Fsp3) is 0.440. The second-order valence-electron chi connectivity index (χ2n) is 8.69. The van der Waals surface area contributed by atoms with Gasteiger partial charge in [0.05, 0.1) is 17.7 Å². The van der Waals surface area contributed by atoms with Gasteiger partial charge in [0.2, 0.25) is 11.8 Å². The van der Waals surface area contributed by atoms with Crippen LogP contribution in [0.1, 0.15) is 44.1 Å². The van der Waals surface area contributed by atoms with Crippen LogP contribution in [-0.2, 0) is 26.0 Å². The smallest absolute Gasteiger partial charge is 0.262 e. The third-order valence-corrected chi connectivity index (χ3v) is 7.78.